The average molecular weight is 475 g/mol. The first-order chi connectivity index (χ1) is 16.4. The average Bonchev–Trinajstić information content (AvgIpc) is 3.59. The quantitative estimate of drug-likeness (QED) is 0.270. The number of fused-ring (bicyclic) bond motifs is 1. The standard InChI is InChI=1S/C27H30N4O2S/c1-16-12-22(19(4)18(3)17(16)2)25(32)15-34-27-30-29-26(31(27)14-20-8-7-11-33-20)23-13-28-24-10-6-5-9-21(23)24/h5-6,9-10,12-13,20,28H,7-8,11,14-15H2,1-4H3. The van der Waals surface area contributed by atoms with Crippen molar-refractivity contribution in [1.82, 2.24) is 19.7 Å². The number of benzene rings is 2. The van der Waals surface area contributed by atoms with E-state index < -0.39 is 0 Å². The third-order valence-corrected chi connectivity index (χ3v) is 8.04. The molecule has 2 aromatic carbocycles. The highest BCUT2D eigenvalue weighted by atomic mass is 32.2. The summed E-state index contributed by atoms with van der Waals surface area (Å²) < 4.78 is 8.06. The Balaban J connectivity index is 1.45. The van der Waals surface area contributed by atoms with Gasteiger partial charge in [0, 0.05) is 34.8 Å². The molecule has 4 aromatic rings. The van der Waals surface area contributed by atoms with Crippen LogP contribution in [0.4, 0.5) is 0 Å². The number of aryl methyl sites for hydroxylation is 1. The summed E-state index contributed by atoms with van der Waals surface area (Å²) in [6, 6.07) is 10.2. The minimum absolute atomic E-state index is 0.119. The van der Waals surface area contributed by atoms with Gasteiger partial charge in [0.1, 0.15) is 0 Å². The molecule has 6 nitrogen and oxygen atoms in total. The molecular formula is C27H30N4O2S. The van der Waals surface area contributed by atoms with Crippen molar-refractivity contribution in [1.29, 1.82) is 0 Å². The SMILES string of the molecule is Cc1cc(C(=O)CSc2nnc(-c3c[nH]c4ccccc34)n2CC2CCCO2)c(C)c(C)c1C. The van der Waals surface area contributed by atoms with E-state index >= 15 is 0 Å². The number of hydrogen-bond donors (Lipinski definition) is 1. The Morgan fingerprint density at radius 2 is 1.97 bits per heavy atom. The molecule has 1 fully saturated rings. The molecule has 2 aromatic heterocycles. The van der Waals surface area contributed by atoms with Crippen molar-refractivity contribution in [3.05, 3.63) is 64.3 Å². The molecule has 1 saturated heterocycles. The van der Waals surface area contributed by atoms with E-state index in [0.29, 0.717) is 12.3 Å². The van der Waals surface area contributed by atoms with Crippen LogP contribution in [0.5, 0.6) is 0 Å². The molecule has 0 radical (unpaired) electrons. The molecule has 3 heterocycles. The molecule has 34 heavy (non-hydrogen) atoms. The monoisotopic (exact) mass is 474 g/mol. The first kappa shape index (κ1) is 22.9. The molecule has 1 atom stereocenters. The lowest BCUT2D eigenvalue weighted by Gasteiger charge is -2.15. The molecule has 1 aliphatic heterocycles. The van der Waals surface area contributed by atoms with Gasteiger partial charge < -0.3 is 9.72 Å². The highest BCUT2D eigenvalue weighted by molar-refractivity contribution is 7.99. The number of nitrogens with one attached hydrogen (secondary N) is 1. The number of H-pyrrole nitrogens is 1. The minimum Gasteiger partial charge on any atom is -0.376 e. The Labute approximate surface area is 204 Å². The van der Waals surface area contributed by atoms with E-state index in [4.69, 9.17) is 4.74 Å². The van der Waals surface area contributed by atoms with Crippen molar-refractivity contribution < 1.29 is 9.53 Å². The second-order valence-electron chi connectivity index (χ2n) is 9.13. The molecule has 176 valence electrons. The lowest BCUT2D eigenvalue weighted by atomic mass is 9.93. The van der Waals surface area contributed by atoms with Crippen LogP contribution in [0.2, 0.25) is 0 Å². The highest BCUT2D eigenvalue weighted by Gasteiger charge is 2.24. The fraction of sp³-hybridized carbons (Fsp3) is 0.370. The van der Waals surface area contributed by atoms with E-state index in [-0.39, 0.29) is 11.9 Å². The Morgan fingerprint density at radius 3 is 2.76 bits per heavy atom. The third kappa shape index (κ3) is 4.18. The second kappa shape index (κ2) is 9.39. The number of Topliss-reactive ketones (excluding diaryl/α,β-unsaturated/α-hetero) is 1. The van der Waals surface area contributed by atoms with Crippen LogP contribution in [-0.4, -0.2) is 44.0 Å². The van der Waals surface area contributed by atoms with Gasteiger partial charge in [-0.25, -0.2) is 0 Å². The van der Waals surface area contributed by atoms with Crippen LogP contribution in [0.3, 0.4) is 0 Å². The predicted molar refractivity (Wildman–Crippen MR) is 137 cm³/mol. The van der Waals surface area contributed by atoms with Crippen molar-refractivity contribution in [2.45, 2.75) is 58.3 Å². The molecule has 0 spiro atoms. The zero-order valence-electron chi connectivity index (χ0n) is 20.1. The number of hydrogen-bond acceptors (Lipinski definition) is 5. The summed E-state index contributed by atoms with van der Waals surface area (Å²) in [5.74, 6) is 1.25. The van der Waals surface area contributed by atoms with Crippen LogP contribution in [0.25, 0.3) is 22.3 Å². The van der Waals surface area contributed by atoms with Crippen LogP contribution in [-0.2, 0) is 11.3 Å². The second-order valence-corrected chi connectivity index (χ2v) is 10.1. The maximum absolute atomic E-state index is 13.2. The number of carbonyl (C=O) groups excluding carboxylic acids is 1. The number of ketones is 1. The first-order valence-electron chi connectivity index (χ1n) is 11.8. The number of para-hydroxylation sites is 1. The summed E-state index contributed by atoms with van der Waals surface area (Å²) in [6.07, 6.45) is 4.22. The van der Waals surface area contributed by atoms with Crippen LogP contribution in [0, 0.1) is 27.7 Å². The predicted octanol–water partition coefficient (Wildman–Crippen LogP) is 5.81. The van der Waals surface area contributed by atoms with E-state index in [1.807, 2.05) is 31.3 Å². The summed E-state index contributed by atoms with van der Waals surface area (Å²) in [5.41, 5.74) is 7.54. The molecule has 5 rings (SSSR count). The molecule has 0 bridgehead atoms. The summed E-state index contributed by atoms with van der Waals surface area (Å²) in [7, 11) is 0. The van der Waals surface area contributed by atoms with Crippen molar-refractivity contribution in [2.75, 3.05) is 12.4 Å². The maximum Gasteiger partial charge on any atom is 0.192 e. The van der Waals surface area contributed by atoms with Gasteiger partial charge in [-0.1, -0.05) is 30.0 Å². The molecule has 1 aliphatic rings. The zero-order valence-corrected chi connectivity index (χ0v) is 21.0. The molecule has 0 amide bonds. The molecular weight excluding hydrogens is 444 g/mol. The summed E-state index contributed by atoms with van der Waals surface area (Å²) in [6.45, 7) is 9.78. The summed E-state index contributed by atoms with van der Waals surface area (Å²) in [5, 5.41) is 10.9. The summed E-state index contributed by atoms with van der Waals surface area (Å²) >= 11 is 1.46. The van der Waals surface area contributed by atoms with Crippen molar-refractivity contribution in [3.63, 3.8) is 0 Å². The largest absolute Gasteiger partial charge is 0.376 e. The van der Waals surface area contributed by atoms with E-state index in [1.54, 1.807) is 0 Å². The van der Waals surface area contributed by atoms with Crippen molar-refractivity contribution in [3.8, 4) is 11.4 Å². The summed E-state index contributed by atoms with van der Waals surface area (Å²) in [4.78, 5) is 16.5. The number of thioether (sulfide) groups is 1. The fourth-order valence-corrected chi connectivity index (χ4v) is 5.55. The number of ether oxygens (including phenoxy) is 1. The Morgan fingerprint density at radius 1 is 1.15 bits per heavy atom. The first-order valence-corrected chi connectivity index (χ1v) is 12.8. The van der Waals surface area contributed by atoms with Crippen LogP contribution >= 0.6 is 11.8 Å². The van der Waals surface area contributed by atoms with Gasteiger partial charge in [0.15, 0.2) is 16.8 Å². The Bertz CT molecular complexity index is 1360. The molecule has 0 aliphatic carbocycles. The van der Waals surface area contributed by atoms with Gasteiger partial charge in [-0.2, -0.15) is 0 Å². The van der Waals surface area contributed by atoms with Crippen molar-refractivity contribution in [2.24, 2.45) is 0 Å². The van der Waals surface area contributed by atoms with E-state index in [2.05, 4.69) is 52.7 Å². The lowest BCUT2D eigenvalue weighted by Crippen LogP contribution is -2.17. The fourth-order valence-electron chi connectivity index (χ4n) is 4.72. The van der Waals surface area contributed by atoms with Gasteiger partial charge in [0.25, 0.3) is 0 Å². The van der Waals surface area contributed by atoms with Gasteiger partial charge >= 0.3 is 0 Å². The molecule has 1 N–H and O–H groups in total. The minimum atomic E-state index is 0.119. The van der Waals surface area contributed by atoms with E-state index in [1.165, 1.54) is 22.9 Å². The van der Waals surface area contributed by atoms with Gasteiger partial charge in [0.05, 0.1) is 18.4 Å². The number of nitrogens with zero attached hydrogens (tertiary/aromatic N) is 3. The molecule has 7 heteroatoms. The normalized spacial score (nSPS) is 15.9. The van der Waals surface area contributed by atoms with E-state index in [0.717, 1.165) is 63.6 Å². The van der Waals surface area contributed by atoms with Crippen LogP contribution < -0.4 is 0 Å². The number of rotatable bonds is 7. The maximum atomic E-state index is 13.2. The lowest BCUT2D eigenvalue weighted by molar-refractivity contribution is 0.0953. The topological polar surface area (TPSA) is 72.8 Å². The number of aromatic nitrogens is 4. The third-order valence-electron chi connectivity index (χ3n) is 7.07. The van der Waals surface area contributed by atoms with Gasteiger partial charge in [-0.05, 0) is 74.9 Å². The zero-order chi connectivity index (χ0) is 23.8. The van der Waals surface area contributed by atoms with Crippen LogP contribution in [0.15, 0.2) is 41.7 Å². The number of aromatic amines is 1. The highest BCUT2D eigenvalue weighted by Crippen LogP contribution is 2.32. The Hall–Kier alpha value is -2.90. The molecule has 1 unspecified atom stereocenters. The van der Waals surface area contributed by atoms with Crippen LogP contribution in [0.1, 0.15) is 45.5 Å². The smallest absolute Gasteiger partial charge is 0.192 e. The van der Waals surface area contributed by atoms with Gasteiger partial charge in [-0.3, -0.25) is 9.36 Å². The van der Waals surface area contributed by atoms with Crippen molar-refractivity contribution >= 4 is 28.4 Å². The van der Waals surface area contributed by atoms with E-state index in [9.17, 15) is 4.79 Å². The van der Waals surface area contributed by atoms with Gasteiger partial charge in [0.2, 0.25) is 0 Å². The Kier molecular flexibility index (Phi) is 6.32. The molecule has 0 saturated carbocycles. The van der Waals surface area contributed by atoms with Gasteiger partial charge in [-0.15, -0.1) is 10.2 Å². The number of carbonyl (C=O) groups is 1.